The summed E-state index contributed by atoms with van der Waals surface area (Å²) < 4.78 is 86.7. The average molecular weight is 635 g/mol. The van der Waals surface area contributed by atoms with Crippen molar-refractivity contribution in [1.29, 1.82) is 0 Å². The van der Waals surface area contributed by atoms with Crippen molar-refractivity contribution in [3.63, 3.8) is 0 Å². The minimum absolute atomic E-state index is 0.0119. The van der Waals surface area contributed by atoms with Crippen LogP contribution in [0.4, 0.5) is 0 Å². The van der Waals surface area contributed by atoms with Crippen LogP contribution in [-0.4, -0.2) is 63.4 Å². The number of sulfone groups is 2. The molecule has 0 bridgehead atoms. The Kier molecular flexibility index (Phi) is 10.5. The lowest BCUT2D eigenvalue weighted by molar-refractivity contribution is 0.0435. The smallest absolute Gasteiger partial charge is 0.203 e. The van der Waals surface area contributed by atoms with E-state index in [-0.39, 0.29) is 45.5 Å². The van der Waals surface area contributed by atoms with Gasteiger partial charge >= 0.3 is 0 Å². The van der Waals surface area contributed by atoms with Gasteiger partial charge in [0.05, 0.1) is 57.0 Å². The zero-order valence-corrected chi connectivity index (χ0v) is 26.6. The molecule has 0 aromatic heterocycles. The van der Waals surface area contributed by atoms with Crippen LogP contribution in [-0.2, 0) is 24.4 Å². The highest BCUT2D eigenvalue weighted by Gasteiger charge is 2.33. The van der Waals surface area contributed by atoms with Crippen molar-refractivity contribution in [3.05, 3.63) is 65.7 Å². The van der Waals surface area contributed by atoms with Gasteiger partial charge in [-0.3, -0.25) is 0 Å². The molecule has 2 unspecified atom stereocenters. The van der Waals surface area contributed by atoms with Crippen molar-refractivity contribution in [2.45, 2.75) is 48.2 Å². The predicted molar refractivity (Wildman–Crippen MR) is 161 cm³/mol. The van der Waals surface area contributed by atoms with Gasteiger partial charge in [-0.2, -0.15) is 0 Å². The fourth-order valence-electron chi connectivity index (χ4n) is 5.10. The van der Waals surface area contributed by atoms with Gasteiger partial charge in [0.15, 0.2) is 42.7 Å². The van der Waals surface area contributed by atoms with E-state index in [4.69, 9.17) is 28.4 Å². The van der Waals surface area contributed by atoms with E-state index in [9.17, 15) is 16.8 Å². The van der Waals surface area contributed by atoms with Crippen LogP contribution < -0.4 is 23.7 Å². The van der Waals surface area contributed by atoms with Crippen LogP contribution in [0.1, 0.15) is 49.5 Å². The molecule has 1 saturated heterocycles. The molecule has 0 amide bonds. The van der Waals surface area contributed by atoms with Gasteiger partial charge in [0.1, 0.15) is 11.5 Å². The lowest BCUT2D eigenvalue weighted by Gasteiger charge is -2.21. The Labute approximate surface area is 253 Å². The number of hydrogen-bond acceptors (Lipinski definition) is 10. The maximum absolute atomic E-state index is 13.4. The molecule has 0 spiro atoms. The van der Waals surface area contributed by atoms with E-state index >= 15 is 0 Å². The molecular formula is C31H38O10S2. The van der Waals surface area contributed by atoms with Gasteiger partial charge in [0.2, 0.25) is 5.75 Å². The summed E-state index contributed by atoms with van der Waals surface area (Å²) in [5.41, 5.74) is 1.45. The van der Waals surface area contributed by atoms with E-state index in [2.05, 4.69) is 0 Å². The largest absolute Gasteiger partial charge is 0.493 e. The first-order valence-electron chi connectivity index (χ1n) is 13.9. The molecule has 1 aliphatic heterocycles. The lowest BCUT2D eigenvalue weighted by Crippen LogP contribution is -2.17. The molecule has 4 rings (SSSR count). The number of ether oxygens (including phenoxy) is 6. The second kappa shape index (κ2) is 13.9. The van der Waals surface area contributed by atoms with Crippen LogP contribution in [0, 0.1) is 0 Å². The quantitative estimate of drug-likeness (QED) is 0.229. The van der Waals surface area contributed by atoms with E-state index in [1.807, 2.05) is 12.1 Å². The summed E-state index contributed by atoms with van der Waals surface area (Å²) >= 11 is 0. The van der Waals surface area contributed by atoms with Crippen LogP contribution in [0.25, 0.3) is 0 Å². The highest BCUT2D eigenvalue weighted by Crippen LogP contribution is 2.48. The van der Waals surface area contributed by atoms with Gasteiger partial charge in [-0.15, -0.1) is 0 Å². The number of hydrogen-bond donors (Lipinski definition) is 0. The van der Waals surface area contributed by atoms with Crippen molar-refractivity contribution in [2.75, 3.05) is 46.6 Å². The summed E-state index contributed by atoms with van der Waals surface area (Å²) in [6, 6.07) is 15.0. The van der Waals surface area contributed by atoms with Crippen molar-refractivity contribution < 1.29 is 45.3 Å². The number of benzene rings is 3. The molecule has 1 fully saturated rings. The Morgan fingerprint density at radius 3 is 1.74 bits per heavy atom. The van der Waals surface area contributed by atoms with E-state index in [1.54, 1.807) is 51.5 Å². The van der Waals surface area contributed by atoms with Crippen LogP contribution in [0.5, 0.6) is 28.7 Å². The molecule has 0 N–H and O–H groups in total. The Hall–Kier alpha value is -3.48. The van der Waals surface area contributed by atoms with Gasteiger partial charge in [0, 0.05) is 0 Å². The minimum Gasteiger partial charge on any atom is -0.493 e. The Morgan fingerprint density at radius 2 is 1.23 bits per heavy atom. The third-order valence-electron chi connectivity index (χ3n) is 7.22. The summed E-state index contributed by atoms with van der Waals surface area (Å²) in [4.78, 5) is 0.112. The normalized spacial score (nSPS) is 17.0. The maximum atomic E-state index is 13.4. The van der Waals surface area contributed by atoms with E-state index in [0.29, 0.717) is 42.1 Å². The van der Waals surface area contributed by atoms with Crippen LogP contribution in [0.3, 0.4) is 0 Å². The monoisotopic (exact) mass is 634 g/mol. The van der Waals surface area contributed by atoms with Crippen molar-refractivity contribution in [3.8, 4) is 28.7 Å². The topological polar surface area (TPSA) is 124 Å². The predicted octanol–water partition coefficient (Wildman–Crippen LogP) is 5.35. The first-order valence-corrected chi connectivity index (χ1v) is 17.2. The van der Waals surface area contributed by atoms with E-state index in [1.165, 1.54) is 26.4 Å². The summed E-state index contributed by atoms with van der Waals surface area (Å²) in [5, 5.41) is 0. The molecule has 3 aromatic rings. The SMILES string of the molecule is CCCS(=O)(=O)c1cc(C2CCC(c3cc(OC)c(OC)c(OC)c3)O2)cc(OC)c1OCCS(=O)(=O)c1ccccc1. The molecule has 2 atom stereocenters. The molecule has 3 aromatic carbocycles. The summed E-state index contributed by atoms with van der Waals surface area (Å²) in [7, 11) is -1.39. The highest BCUT2D eigenvalue weighted by molar-refractivity contribution is 7.91. The third kappa shape index (κ3) is 7.19. The Balaban J connectivity index is 1.64. The number of methoxy groups -OCH3 is 4. The van der Waals surface area contributed by atoms with E-state index < -0.39 is 25.8 Å². The lowest BCUT2D eigenvalue weighted by atomic mass is 10.0. The maximum Gasteiger partial charge on any atom is 0.203 e. The molecular weight excluding hydrogens is 596 g/mol. The van der Waals surface area contributed by atoms with Crippen LogP contribution >= 0.6 is 0 Å². The van der Waals surface area contributed by atoms with Gasteiger partial charge in [-0.1, -0.05) is 25.1 Å². The molecule has 12 heteroatoms. The second-order valence-corrected chi connectivity index (χ2v) is 14.2. The molecule has 43 heavy (non-hydrogen) atoms. The van der Waals surface area contributed by atoms with Gasteiger partial charge in [0.25, 0.3) is 0 Å². The molecule has 0 saturated carbocycles. The molecule has 0 radical (unpaired) electrons. The zero-order valence-electron chi connectivity index (χ0n) is 25.0. The highest BCUT2D eigenvalue weighted by atomic mass is 32.2. The Bertz CT molecular complexity index is 1590. The average Bonchev–Trinajstić information content (AvgIpc) is 3.51. The zero-order chi connectivity index (χ0) is 31.2. The molecule has 1 heterocycles. The Morgan fingerprint density at radius 1 is 0.698 bits per heavy atom. The van der Waals surface area contributed by atoms with Crippen LogP contribution in [0.2, 0.25) is 0 Å². The summed E-state index contributed by atoms with van der Waals surface area (Å²) in [6.45, 7) is 1.51. The van der Waals surface area contributed by atoms with Gasteiger partial charge in [-0.05, 0) is 66.8 Å². The fourth-order valence-corrected chi connectivity index (χ4v) is 7.73. The van der Waals surface area contributed by atoms with Crippen molar-refractivity contribution in [1.82, 2.24) is 0 Å². The van der Waals surface area contributed by atoms with Gasteiger partial charge < -0.3 is 28.4 Å². The summed E-state index contributed by atoms with van der Waals surface area (Å²) in [6.07, 6.45) is 0.936. The van der Waals surface area contributed by atoms with Crippen LogP contribution in [0.15, 0.2) is 64.4 Å². The standard InChI is InChI=1S/C31H38O10S2/c1-6-15-43(34,35)29-20-22(19-28(38-4)31(29)40-14-16-42(32,33)23-10-8-7-9-11-23)25-13-12-24(41-25)21-17-26(36-2)30(39-5)27(18-21)37-3/h7-11,17-20,24-25H,6,12-16H2,1-5H3. The molecule has 1 aliphatic rings. The first-order chi connectivity index (χ1) is 20.6. The minimum atomic E-state index is -3.79. The molecule has 10 nitrogen and oxygen atoms in total. The second-order valence-electron chi connectivity index (χ2n) is 10.00. The summed E-state index contributed by atoms with van der Waals surface area (Å²) in [5.74, 6) is 1.22. The third-order valence-corrected chi connectivity index (χ3v) is 10.8. The van der Waals surface area contributed by atoms with Crippen molar-refractivity contribution in [2.24, 2.45) is 0 Å². The number of rotatable bonds is 14. The fraction of sp³-hybridized carbons (Fsp3) is 0.419. The first kappa shape index (κ1) is 32.4. The molecule has 0 aliphatic carbocycles. The molecule has 234 valence electrons. The van der Waals surface area contributed by atoms with Gasteiger partial charge in [-0.25, -0.2) is 16.8 Å². The van der Waals surface area contributed by atoms with Crippen molar-refractivity contribution >= 4 is 19.7 Å². The van der Waals surface area contributed by atoms with E-state index in [0.717, 1.165) is 5.56 Å².